The molecule has 0 aliphatic carbocycles. The summed E-state index contributed by atoms with van der Waals surface area (Å²) in [6, 6.07) is 1.24. The van der Waals surface area contributed by atoms with Gasteiger partial charge < -0.3 is 5.32 Å². The maximum Gasteiger partial charge on any atom is 0.329 e. The number of aromatic amines is 1. The number of aryl methyl sites for hydroxylation is 1. The summed E-state index contributed by atoms with van der Waals surface area (Å²) in [4.78, 5) is 29.6. The van der Waals surface area contributed by atoms with Crippen LogP contribution in [0.1, 0.15) is 19.8 Å². The number of piperidine rings is 1. The van der Waals surface area contributed by atoms with Crippen LogP contribution in [0.4, 0.5) is 0 Å². The lowest BCUT2D eigenvalue weighted by molar-refractivity contribution is 0.232. The molecule has 0 bridgehead atoms. The molecule has 0 unspecified atom stereocenters. The zero-order valence-corrected chi connectivity index (χ0v) is 14.9. The summed E-state index contributed by atoms with van der Waals surface area (Å²) in [7, 11) is -2.35. The monoisotopic (exact) mass is 367 g/mol. The number of nitrogens with zero attached hydrogens (tertiary/aromatic N) is 2. The van der Waals surface area contributed by atoms with Crippen LogP contribution in [-0.2, 0) is 17.1 Å². The molecule has 10 heteroatoms. The Balaban J connectivity index is 1.92. The van der Waals surface area contributed by atoms with E-state index >= 15 is 0 Å². The van der Waals surface area contributed by atoms with E-state index in [4.69, 9.17) is 0 Å². The lowest BCUT2D eigenvalue weighted by atomic mass is 9.81. The van der Waals surface area contributed by atoms with Crippen molar-refractivity contribution >= 4 is 21.1 Å². The molecular weight excluding hydrogens is 346 g/mol. The number of H-pyrrole nitrogens is 1. The fourth-order valence-electron chi connectivity index (χ4n) is 2.92. The van der Waals surface area contributed by atoms with Gasteiger partial charge in [-0.2, -0.15) is 0 Å². The second-order valence-corrected chi connectivity index (χ2v) is 8.51. The molecule has 1 saturated heterocycles. The van der Waals surface area contributed by atoms with Crippen LogP contribution in [0, 0.1) is 5.41 Å². The van der Waals surface area contributed by atoms with Crippen molar-refractivity contribution in [1.29, 1.82) is 0 Å². The third-order valence-electron chi connectivity index (χ3n) is 4.74. The molecule has 25 heavy (non-hydrogen) atoms. The largest absolute Gasteiger partial charge is 0.329 e. The van der Waals surface area contributed by atoms with Crippen LogP contribution in [0.2, 0.25) is 0 Å². The van der Waals surface area contributed by atoms with Crippen LogP contribution in [-0.4, -0.2) is 42.6 Å². The summed E-state index contributed by atoms with van der Waals surface area (Å²) >= 11 is 0. The van der Waals surface area contributed by atoms with E-state index in [9.17, 15) is 18.0 Å². The minimum atomic E-state index is -3.80. The highest BCUT2D eigenvalue weighted by Crippen LogP contribution is 2.27. The Hall–Kier alpha value is -2.04. The first-order chi connectivity index (χ1) is 11.7. The average molecular weight is 367 g/mol. The zero-order valence-electron chi connectivity index (χ0n) is 14.1. The number of rotatable bonds is 4. The molecule has 9 nitrogen and oxygen atoms in total. The molecule has 136 valence electrons. The van der Waals surface area contributed by atoms with E-state index in [2.05, 4.69) is 26.9 Å². The molecule has 2 aromatic rings. The van der Waals surface area contributed by atoms with E-state index < -0.39 is 21.3 Å². The van der Waals surface area contributed by atoms with Crippen molar-refractivity contribution in [2.45, 2.75) is 24.7 Å². The van der Waals surface area contributed by atoms with E-state index in [0.717, 1.165) is 36.7 Å². The first-order valence-corrected chi connectivity index (χ1v) is 9.50. The van der Waals surface area contributed by atoms with E-state index in [1.54, 1.807) is 0 Å². The van der Waals surface area contributed by atoms with Gasteiger partial charge in [-0.15, -0.1) is 0 Å². The van der Waals surface area contributed by atoms with Crippen molar-refractivity contribution in [1.82, 2.24) is 24.6 Å². The molecule has 3 rings (SSSR count). The molecular formula is C15H21N5O4S. The molecule has 0 atom stereocenters. The molecule has 3 N–H and O–H groups in total. The van der Waals surface area contributed by atoms with Crippen LogP contribution >= 0.6 is 0 Å². The standard InChI is InChI=1S/C15H21N5O4S/c1-15(3-5-16-6-4-15)9-18-25(23,24)10-7-11-12(17-8-10)20(2)14(22)19-13(11)21/h7-8,16,18H,3-6,9H2,1-2H3,(H,19,21,22). The maximum atomic E-state index is 12.6. The first-order valence-electron chi connectivity index (χ1n) is 8.01. The van der Waals surface area contributed by atoms with Gasteiger partial charge in [-0.25, -0.2) is 22.9 Å². The van der Waals surface area contributed by atoms with Gasteiger partial charge in [-0.3, -0.25) is 14.3 Å². The van der Waals surface area contributed by atoms with Crippen molar-refractivity contribution in [3.8, 4) is 0 Å². The topological polar surface area (TPSA) is 126 Å². The number of fused-ring (bicyclic) bond motifs is 1. The number of aromatic nitrogens is 3. The van der Waals surface area contributed by atoms with Crippen LogP contribution in [0.5, 0.6) is 0 Å². The van der Waals surface area contributed by atoms with Crippen LogP contribution in [0.3, 0.4) is 0 Å². The Kier molecular flexibility index (Phi) is 4.52. The van der Waals surface area contributed by atoms with Crippen LogP contribution in [0.15, 0.2) is 26.7 Å². The van der Waals surface area contributed by atoms with Gasteiger partial charge >= 0.3 is 5.69 Å². The lowest BCUT2D eigenvalue weighted by Gasteiger charge is -2.34. The molecule has 3 heterocycles. The van der Waals surface area contributed by atoms with Gasteiger partial charge in [0.15, 0.2) is 0 Å². The molecule has 0 amide bonds. The lowest BCUT2D eigenvalue weighted by Crippen LogP contribution is -2.42. The molecule has 0 aromatic carbocycles. The number of hydrogen-bond donors (Lipinski definition) is 3. The van der Waals surface area contributed by atoms with E-state index in [-0.39, 0.29) is 21.3 Å². The van der Waals surface area contributed by atoms with Crippen LogP contribution < -0.4 is 21.3 Å². The smallest absolute Gasteiger partial charge is 0.317 e. The molecule has 1 aliphatic rings. The average Bonchev–Trinajstić information content (AvgIpc) is 2.58. The van der Waals surface area contributed by atoms with Crippen molar-refractivity contribution in [3.63, 3.8) is 0 Å². The quantitative estimate of drug-likeness (QED) is 0.655. The molecule has 1 aliphatic heterocycles. The normalized spacial score (nSPS) is 17.7. The summed E-state index contributed by atoms with van der Waals surface area (Å²) in [5, 5.41) is 3.31. The minimum absolute atomic E-state index is 0.0538. The number of hydrogen-bond acceptors (Lipinski definition) is 6. The highest BCUT2D eigenvalue weighted by Gasteiger charge is 2.29. The van der Waals surface area contributed by atoms with Crippen molar-refractivity contribution in [2.75, 3.05) is 19.6 Å². The summed E-state index contributed by atoms with van der Waals surface area (Å²) < 4.78 is 28.9. The van der Waals surface area contributed by atoms with Crippen molar-refractivity contribution in [2.24, 2.45) is 12.5 Å². The van der Waals surface area contributed by atoms with Gasteiger partial charge in [0.05, 0.1) is 5.39 Å². The summed E-state index contributed by atoms with van der Waals surface area (Å²) in [6.45, 7) is 4.09. The van der Waals surface area contributed by atoms with Gasteiger partial charge in [0.2, 0.25) is 10.0 Å². The first kappa shape index (κ1) is 17.8. The second kappa shape index (κ2) is 6.36. The van der Waals surface area contributed by atoms with E-state index in [1.165, 1.54) is 13.1 Å². The summed E-state index contributed by atoms with van der Waals surface area (Å²) in [5.74, 6) is 0. The number of sulfonamides is 1. The molecule has 0 saturated carbocycles. The number of nitrogens with one attached hydrogen (secondary N) is 3. The molecule has 1 fully saturated rings. The molecule has 2 aromatic heterocycles. The summed E-state index contributed by atoms with van der Waals surface area (Å²) in [5.41, 5.74) is -1.23. The van der Waals surface area contributed by atoms with Gasteiger partial charge in [-0.05, 0) is 37.4 Å². The molecule has 0 spiro atoms. The Morgan fingerprint density at radius 1 is 1.32 bits per heavy atom. The highest BCUT2D eigenvalue weighted by atomic mass is 32.2. The minimum Gasteiger partial charge on any atom is -0.317 e. The zero-order chi connectivity index (χ0) is 18.2. The fraction of sp³-hybridized carbons (Fsp3) is 0.533. The van der Waals surface area contributed by atoms with E-state index in [0.29, 0.717) is 6.54 Å². The Labute approximate surface area is 144 Å². The second-order valence-electron chi connectivity index (χ2n) is 6.75. The van der Waals surface area contributed by atoms with Crippen molar-refractivity contribution in [3.05, 3.63) is 33.1 Å². The Bertz CT molecular complexity index is 1020. The highest BCUT2D eigenvalue weighted by molar-refractivity contribution is 7.89. The molecule has 0 radical (unpaired) electrons. The predicted molar refractivity (Wildman–Crippen MR) is 93.0 cm³/mol. The van der Waals surface area contributed by atoms with Gasteiger partial charge in [0, 0.05) is 19.8 Å². The SMILES string of the molecule is Cn1c(=O)[nH]c(=O)c2cc(S(=O)(=O)NCC3(C)CCNCC3)cnc21. The Morgan fingerprint density at radius 2 is 2.00 bits per heavy atom. The van der Waals surface area contributed by atoms with Gasteiger partial charge in [-0.1, -0.05) is 6.92 Å². The summed E-state index contributed by atoms with van der Waals surface area (Å²) in [6.07, 6.45) is 2.93. The van der Waals surface area contributed by atoms with Gasteiger partial charge in [0.25, 0.3) is 5.56 Å². The fourth-order valence-corrected chi connectivity index (χ4v) is 4.09. The maximum absolute atomic E-state index is 12.6. The van der Waals surface area contributed by atoms with Gasteiger partial charge in [0.1, 0.15) is 10.5 Å². The number of pyridine rings is 1. The van der Waals surface area contributed by atoms with Crippen LogP contribution in [0.25, 0.3) is 11.0 Å². The Morgan fingerprint density at radius 3 is 2.68 bits per heavy atom. The predicted octanol–water partition coefficient (Wildman–Crippen LogP) is -0.710. The van der Waals surface area contributed by atoms with E-state index in [1.807, 2.05) is 0 Å². The van der Waals surface area contributed by atoms with Crippen molar-refractivity contribution < 1.29 is 8.42 Å². The third kappa shape index (κ3) is 3.51. The third-order valence-corrected chi connectivity index (χ3v) is 6.11.